The number of aryl methyl sites for hydroxylation is 2. The molecule has 31 heavy (non-hydrogen) atoms. The monoisotopic (exact) mass is 429 g/mol. The zero-order chi connectivity index (χ0) is 21.8. The third kappa shape index (κ3) is 4.73. The second kappa shape index (κ2) is 9.23. The Labute approximate surface area is 187 Å². The molecule has 0 atom stereocenters. The van der Waals surface area contributed by atoms with Crippen LogP contribution in [0.15, 0.2) is 77.8 Å². The second-order valence-corrected chi connectivity index (χ2v) is 7.92. The van der Waals surface area contributed by atoms with Gasteiger partial charge in [0.2, 0.25) is 0 Å². The largest absolute Gasteiger partial charge is 0.493 e. The Balaban J connectivity index is 1.58. The van der Waals surface area contributed by atoms with Gasteiger partial charge in [-0.2, -0.15) is 0 Å². The van der Waals surface area contributed by atoms with Crippen molar-refractivity contribution < 1.29 is 9.47 Å². The molecule has 0 heterocycles. The number of methoxy groups -OCH3 is 1. The van der Waals surface area contributed by atoms with Gasteiger partial charge in [0.15, 0.2) is 11.5 Å². The summed E-state index contributed by atoms with van der Waals surface area (Å²) in [4.78, 5) is 4.61. The van der Waals surface area contributed by atoms with Gasteiger partial charge in [-0.25, -0.2) is 0 Å². The van der Waals surface area contributed by atoms with Gasteiger partial charge in [-0.05, 0) is 59.5 Å². The molecule has 0 saturated heterocycles. The van der Waals surface area contributed by atoms with E-state index in [9.17, 15) is 0 Å². The number of benzene rings is 4. The lowest BCUT2D eigenvalue weighted by Crippen LogP contribution is -2.00. The molecule has 0 fully saturated rings. The summed E-state index contributed by atoms with van der Waals surface area (Å²) in [7, 11) is 1.61. The van der Waals surface area contributed by atoms with Gasteiger partial charge < -0.3 is 9.47 Å². The van der Waals surface area contributed by atoms with Crippen molar-refractivity contribution in [3.63, 3.8) is 0 Å². The number of hydrogen-bond acceptors (Lipinski definition) is 3. The fourth-order valence-electron chi connectivity index (χ4n) is 3.62. The lowest BCUT2D eigenvalue weighted by Gasteiger charge is -2.14. The Morgan fingerprint density at radius 2 is 1.74 bits per heavy atom. The number of aliphatic imine (C=N–C) groups is 1. The molecule has 0 unspecified atom stereocenters. The normalized spacial score (nSPS) is 11.2. The van der Waals surface area contributed by atoms with Gasteiger partial charge >= 0.3 is 0 Å². The zero-order valence-corrected chi connectivity index (χ0v) is 18.6. The third-order valence-electron chi connectivity index (χ3n) is 5.21. The first-order valence-electron chi connectivity index (χ1n) is 10.1. The van der Waals surface area contributed by atoms with Gasteiger partial charge in [0.25, 0.3) is 0 Å². The van der Waals surface area contributed by atoms with Crippen LogP contribution in [0, 0.1) is 13.8 Å². The average Bonchev–Trinajstić information content (AvgIpc) is 2.77. The van der Waals surface area contributed by atoms with Gasteiger partial charge in [-0.15, -0.1) is 0 Å². The van der Waals surface area contributed by atoms with Crippen LogP contribution in [0.4, 0.5) is 5.69 Å². The van der Waals surface area contributed by atoms with Crippen LogP contribution in [0.2, 0.25) is 5.02 Å². The summed E-state index contributed by atoms with van der Waals surface area (Å²) < 4.78 is 11.7. The minimum Gasteiger partial charge on any atom is -0.493 e. The highest BCUT2D eigenvalue weighted by molar-refractivity contribution is 6.32. The number of ether oxygens (including phenoxy) is 2. The number of hydrogen-bond donors (Lipinski definition) is 0. The molecule has 0 N–H and O–H groups in total. The highest BCUT2D eigenvalue weighted by Gasteiger charge is 2.13. The maximum atomic E-state index is 6.56. The van der Waals surface area contributed by atoms with Crippen molar-refractivity contribution in [1.29, 1.82) is 0 Å². The van der Waals surface area contributed by atoms with Gasteiger partial charge in [0.05, 0.1) is 17.8 Å². The number of rotatable bonds is 6. The van der Waals surface area contributed by atoms with E-state index in [4.69, 9.17) is 21.1 Å². The number of halogens is 1. The van der Waals surface area contributed by atoms with Crippen LogP contribution in [0.3, 0.4) is 0 Å². The molecule has 0 aliphatic rings. The minimum atomic E-state index is 0.396. The molecule has 0 radical (unpaired) electrons. The van der Waals surface area contributed by atoms with E-state index < -0.39 is 0 Å². The summed E-state index contributed by atoms with van der Waals surface area (Å²) in [6.07, 6.45) is 1.79. The van der Waals surface area contributed by atoms with Crippen molar-refractivity contribution in [3.05, 3.63) is 100 Å². The predicted octanol–water partition coefficient (Wildman–Crippen LogP) is 7.45. The summed E-state index contributed by atoms with van der Waals surface area (Å²) >= 11 is 6.56. The third-order valence-corrected chi connectivity index (χ3v) is 5.49. The van der Waals surface area contributed by atoms with Gasteiger partial charge in [-0.3, -0.25) is 4.99 Å². The average molecular weight is 430 g/mol. The maximum absolute atomic E-state index is 6.56. The Morgan fingerprint density at radius 1 is 0.935 bits per heavy atom. The Morgan fingerprint density at radius 3 is 2.55 bits per heavy atom. The van der Waals surface area contributed by atoms with Gasteiger partial charge in [0.1, 0.15) is 6.61 Å². The van der Waals surface area contributed by atoms with Crippen LogP contribution < -0.4 is 9.47 Å². The fraction of sp³-hybridized carbons (Fsp3) is 0.148. The topological polar surface area (TPSA) is 30.8 Å². The van der Waals surface area contributed by atoms with Crippen molar-refractivity contribution in [2.75, 3.05) is 7.11 Å². The SMILES string of the molecule is COc1cc(C=Nc2ccc(C)cc2C)cc(Cl)c1OCc1cccc2ccccc12. The molecular formula is C27H24ClNO2. The van der Waals surface area contributed by atoms with Crippen molar-refractivity contribution in [2.45, 2.75) is 20.5 Å². The molecule has 3 nitrogen and oxygen atoms in total. The van der Waals surface area contributed by atoms with Crippen LogP contribution >= 0.6 is 11.6 Å². The lowest BCUT2D eigenvalue weighted by molar-refractivity contribution is 0.286. The summed E-state index contributed by atoms with van der Waals surface area (Å²) in [5, 5.41) is 2.83. The molecule has 0 aliphatic carbocycles. The van der Waals surface area contributed by atoms with E-state index in [0.717, 1.165) is 27.8 Å². The predicted molar refractivity (Wildman–Crippen MR) is 129 cm³/mol. The van der Waals surface area contributed by atoms with E-state index in [1.807, 2.05) is 36.4 Å². The van der Waals surface area contributed by atoms with E-state index in [0.29, 0.717) is 23.1 Å². The number of fused-ring (bicyclic) bond motifs is 1. The Bertz CT molecular complexity index is 1260. The van der Waals surface area contributed by atoms with Crippen LogP contribution in [-0.2, 0) is 6.61 Å². The second-order valence-electron chi connectivity index (χ2n) is 7.51. The Kier molecular flexibility index (Phi) is 6.24. The molecule has 156 valence electrons. The minimum absolute atomic E-state index is 0.396. The first-order valence-corrected chi connectivity index (χ1v) is 10.5. The first-order chi connectivity index (χ1) is 15.0. The molecule has 4 aromatic rings. The van der Waals surface area contributed by atoms with Crippen LogP contribution in [0.5, 0.6) is 11.5 Å². The van der Waals surface area contributed by atoms with Crippen molar-refractivity contribution in [2.24, 2.45) is 4.99 Å². The molecular weight excluding hydrogens is 406 g/mol. The van der Waals surface area contributed by atoms with Crippen molar-refractivity contribution in [1.82, 2.24) is 0 Å². The van der Waals surface area contributed by atoms with Crippen molar-refractivity contribution >= 4 is 34.3 Å². The van der Waals surface area contributed by atoms with Crippen LogP contribution in [0.1, 0.15) is 22.3 Å². The molecule has 4 heteroatoms. The highest BCUT2D eigenvalue weighted by Crippen LogP contribution is 2.37. The maximum Gasteiger partial charge on any atom is 0.180 e. The van der Waals surface area contributed by atoms with E-state index in [-0.39, 0.29) is 0 Å². The van der Waals surface area contributed by atoms with Crippen LogP contribution in [0.25, 0.3) is 10.8 Å². The van der Waals surface area contributed by atoms with Crippen LogP contribution in [-0.4, -0.2) is 13.3 Å². The fourth-order valence-corrected chi connectivity index (χ4v) is 3.89. The van der Waals surface area contributed by atoms with E-state index in [1.54, 1.807) is 13.3 Å². The molecule has 0 saturated carbocycles. The zero-order valence-electron chi connectivity index (χ0n) is 17.9. The summed E-state index contributed by atoms with van der Waals surface area (Å²) in [5.41, 5.74) is 5.21. The number of nitrogens with zero attached hydrogens (tertiary/aromatic N) is 1. The molecule has 0 amide bonds. The van der Waals surface area contributed by atoms with Crippen molar-refractivity contribution in [3.8, 4) is 11.5 Å². The first kappa shape index (κ1) is 21.0. The molecule has 0 bridgehead atoms. The quantitative estimate of drug-likeness (QED) is 0.298. The lowest BCUT2D eigenvalue weighted by atomic mass is 10.1. The summed E-state index contributed by atoms with van der Waals surface area (Å²) in [6, 6.07) is 24.4. The standard InChI is InChI=1S/C27H24ClNO2/c1-18-11-12-25(19(2)13-18)29-16-20-14-24(28)27(26(15-20)30-3)31-17-22-9-6-8-21-7-4-5-10-23(21)22/h4-16H,17H2,1-3H3. The molecule has 0 aliphatic heterocycles. The smallest absolute Gasteiger partial charge is 0.180 e. The molecule has 0 aromatic heterocycles. The summed E-state index contributed by atoms with van der Waals surface area (Å²) in [5.74, 6) is 1.11. The highest BCUT2D eigenvalue weighted by atomic mass is 35.5. The Hall–Kier alpha value is -3.30. The van der Waals surface area contributed by atoms with E-state index in [1.165, 1.54) is 10.9 Å². The van der Waals surface area contributed by atoms with Gasteiger partial charge in [0, 0.05) is 6.21 Å². The van der Waals surface area contributed by atoms with E-state index in [2.05, 4.69) is 55.2 Å². The van der Waals surface area contributed by atoms with E-state index >= 15 is 0 Å². The van der Waals surface area contributed by atoms with Gasteiger partial charge in [-0.1, -0.05) is 71.8 Å². The molecule has 4 aromatic carbocycles. The molecule has 0 spiro atoms. The molecule has 4 rings (SSSR count). The summed E-state index contributed by atoms with van der Waals surface area (Å²) in [6.45, 7) is 4.52.